The molecule has 9 amide bonds. The summed E-state index contributed by atoms with van der Waals surface area (Å²) in [7, 11) is -4.26. The summed E-state index contributed by atoms with van der Waals surface area (Å²) in [5, 5.41) is 31.7. The summed E-state index contributed by atoms with van der Waals surface area (Å²) >= 11 is 12.7. The fraction of sp³-hybridized carbons (Fsp3) is 0.618. The molecule has 2 aliphatic heterocycles. The molecule has 0 aromatic carbocycles. The van der Waals surface area contributed by atoms with Crippen LogP contribution in [-0.4, -0.2) is 191 Å². The van der Waals surface area contributed by atoms with E-state index in [-0.39, 0.29) is 77.7 Å². The van der Waals surface area contributed by atoms with Crippen LogP contribution in [0.3, 0.4) is 0 Å². The molecular formula is C68H92Cl2N16O15S2. The fourth-order valence-electron chi connectivity index (χ4n) is 13.4. The molecule has 10 atom stereocenters. The molecule has 4 unspecified atom stereocenters. The van der Waals surface area contributed by atoms with Crippen LogP contribution in [0.25, 0.3) is 22.1 Å². The van der Waals surface area contributed by atoms with Crippen LogP contribution < -0.4 is 41.8 Å². The van der Waals surface area contributed by atoms with Crippen LogP contribution in [0.1, 0.15) is 164 Å². The van der Waals surface area contributed by atoms with Gasteiger partial charge in [0.1, 0.15) is 35.2 Å². The fourth-order valence-corrected chi connectivity index (χ4v) is 16.8. The number of carbonyl (C=O) groups excluding carboxylic acids is 9. The molecule has 31 nitrogen and oxygen atoms in total. The van der Waals surface area contributed by atoms with E-state index in [0.29, 0.717) is 77.9 Å². The van der Waals surface area contributed by atoms with E-state index in [4.69, 9.17) is 34.0 Å². The van der Waals surface area contributed by atoms with E-state index in [2.05, 4.69) is 69.4 Å². The molecule has 6 heterocycles. The normalized spacial score (nSPS) is 24.9. The van der Waals surface area contributed by atoms with Crippen LogP contribution >= 0.6 is 23.2 Å². The van der Waals surface area contributed by atoms with Crippen molar-refractivity contribution in [2.45, 2.75) is 203 Å². The van der Waals surface area contributed by atoms with Gasteiger partial charge in [0.15, 0.2) is 11.3 Å². The monoisotopic (exact) mass is 1510 g/mol. The number of nitrogens with two attached hydrogens (primary N) is 1. The molecule has 0 radical (unpaired) electrons. The summed E-state index contributed by atoms with van der Waals surface area (Å²) in [6.07, 6.45) is 12.5. The van der Waals surface area contributed by atoms with Crippen LogP contribution in [0, 0.1) is 48.3 Å². The summed E-state index contributed by atoms with van der Waals surface area (Å²) in [5.74, 6) is -6.33. The molecule has 560 valence electrons. The maximum atomic E-state index is 14.4. The number of amides is 9. The first-order chi connectivity index (χ1) is 48.1. The number of fused-ring (bicyclic) bond motifs is 2. The number of carboxylic acids is 1. The Morgan fingerprint density at radius 1 is 0.631 bits per heavy atom. The van der Waals surface area contributed by atoms with Crippen molar-refractivity contribution in [3.8, 4) is 0 Å². The highest BCUT2D eigenvalue weighted by Crippen LogP contribution is 2.47. The Balaban J connectivity index is 0.000000190. The predicted octanol–water partition coefficient (Wildman–Crippen LogP) is 3.17. The molecule has 4 aromatic rings. The summed E-state index contributed by atoms with van der Waals surface area (Å²) in [6, 6.07) is -5.20. The lowest BCUT2D eigenvalue weighted by atomic mass is 9.85. The molecule has 8 aliphatic rings. The Morgan fingerprint density at radius 3 is 1.39 bits per heavy atom. The smallest absolute Gasteiger partial charge is 0.338 e. The number of nitrogens with zero attached hydrogens (tertiary/aromatic N) is 8. The quantitative estimate of drug-likeness (QED) is 0.0482. The number of likely N-dealkylation sites (tertiary alicyclic amines) is 2. The third-order valence-corrected chi connectivity index (χ3v) is 24.6. The zero-order valence-corrected chi connectivity index (χ0v) is 62.5. The second-order valence-electron chi connectivity index (χ2n) is 30.9. The van der Waals surface area contributed by atoms with Gasteiger partial charge in [-0.2, -0.15) is 10.2 Å². The van der Waals surface area contributed by atoms with Gasteiger partial charge >= 0.3 is 5.97 Å². The molecule has 35 heteroatoms. The van der Waals surface area contributed by atoms with Gasteiger partial charge < -0.3 is 47.2 Å². The average molecular weight is 1510 g/mol. The van der Waals surface area contributed by atoms with Gasteiger partial charge in [-0.15, -0.1) is 13.2 Å². The van der Waals surface area contributed by atoms with Gasteiger partial charge in [-0.05, 0) is 114 Å². The minimum atomic E-state index is -3.91. The number of halogens is 2. The predicted molar refractivity (Wildman–Crippen MR) is 379 cm³/mol. The number of carbonyl (C=O) groups is 10. The number of aromatic nitrogens is 6. The van der Waals surface area contributed by atoms with Gasteiger partial charge in [-0.25, -0.2) is 31.6 Å². The van der Waals surface area contributed by atoms with Crippen LogP contribution in [0.15, 0.2) is 37.7 Å². The number of rotatable bonds is 23. The summed E-state index contributed by atoms with van der Waals surface area (Å²) < 4.78 is 57.4. The van der Waals surface area contributed by atoms with E-state index in [9.17, 15) is 64.8 Å². The van der Waals surface area contributed by atoms with Crippen LogP contribution in [-0.2, 0) is 72.5 Å². The zero-order chi connectivity index (χ0) is 75.7. The zero-order valence-electron chi connectivity index (χ0n) is 59.4. The van der Waals surface area contributed by atoms with Crippen LogP contribution in [0.4, 0.5) is 0 Å². The second kappa shape index (κ2) is 29.1. The minimum absolute atomic E-state index is 0.000247. The van der Waals surface area contributed by atoms with Crippen molar-refractivity contribution in [1.29, 1.82) is 0 Å². The molecular weight excluding hydrogens is 1420 g/mol. The first-order valence-electron chi connectivity index (χ1n) is 34.5. The first kappa shape index (κ1) is 77.5. The van der Waals surface area contributed by atoms with Gasteiger partial charge in [0, 0.05) is 76.3 Å². The average Bonchev–Trinajstić information content (AvgIpc) is 1.58. The lowest BCUT2D eigenvalue weighted by Crippen LogP contribution is -2.60. The highest BCUT2D eigenvalue weighted by Gasteiger charge is 2.64. The number of hydrogen-bond acceptors (Lipinski definition) is 19. The molecule has 4 aromatic heterocycles. The van der Waals surface area contributed by atoms with Crippen molar-refractivity contribution in [3.05, 3.63) is 70.3 Å². The molecule has 8 fully saturated rings. The van der Waals surface area contributed by atoms with E-state index < -0.39 is 148 Å². The number of pyridine rings is 2. The van der Waals surface area contributed by atoms with Gasteiger partial charge in [0.05, 0.1) is 53.8 Å². The van der Waals surface area contributed by atoms with Crippen LogP contribution in [0.5, 0.6) is 0 Å². The third kappa shape index (κ3) is 17.0. The highest BCUT2D eigenvalue weighted by molar-refractivity contribution is 7.91. The highest BCUT2D eigenvalue weighted by atomic mass is 35.5. The number of aryl methyl sites for hydroxylation is 4. The standard InChI is InChI=1S/C34H45ClN8O7S.C25H39N5O6S.C9H8ClN3O2/c1-7-19-14-34(19,32(48)41-51(49,50)21-10-11-21)39-30(46)23-13-20(37-29(45)22-15-36-28-25(26(22)35)17(2)40-42(28)6)16-43(23)31(47)27(33(3,4)5)38-24(44)12-18-8-9-18;1-5-15-12-25(15,23(34)29-37(35,36)17-8-9-17)28-21(32)18-11-16(26)13-30(18)22(33)20(24(2,3)4)27-19(31)10-14-6-7-14;1-4-6-7(10)5(9(14)15)3-11-8(6)13(2)12-4/h7,15,18-21,23,27H,1,8-14,16H2,2-6H3,(H,37,45)(H,38,44)(H,39,46)(H,41,48);5,14-18,20H,1,6-13,26H2,2-4H3,(H,27,31)(H,28,32)(H,29,34);3H,1-2H3,(H,14,15)/t19?,20-,23+,27-,34?;15?,16-,18+,20-,25?;/m11./s1. The van der Waals surface area contributed by atoms with Gasteiger partial charge in [-0.1, -0.05) is 76.9 Å². The molecule has 0 bridgehead atoms. The molecule has 12 rings (SSSR count). The lowest BCUT2D eigenvalue weighted by Gasteiger charge is -2.35. The topological polar surface area (TPSA) is 437 Å². The molecule has 2 saturated heterocycles. The Bertz CT molecular complexity index is 4400. The lowest BCUT2D eigenvalue weighted by molar-refractivity contribution is -0.144. The molecule has 103 heavy (non-hydrogen) atoms. The Labute approximate surface area is 607 Å². The second-order valence-corrected chi connectivity index (χ2v) is 35.6. The Hall–Kier alpha value is -8.14. The maximum absolute atomic E-state index is 14.4. The molecule has 0 spiro atoms. The summed E-state index contributed by atoms with van der Waals surface area (Å²) in [6.45, 7) is 22.0. The van der Waals surface area contributed by atoms with Gasteiger partial charge in [0.25, 0.3) is 17.7 Å². The first-order valence-corrected chi connectivity index (χ1v) is 38.4. The van der Waals surface area contributed by atoms with Crippen molar-refractivity contribution < 1.29 is 69.9 Å². The van der Waals surface area contributed by atoms with E-state index >= 15 is 0 Å². The third-order valence-electron chi connectivity index (χ3n) is 20.2. The number of sulfonamides is 2. The van der Waals surface area contributed by atoms with Crippen molar-refractivity contribution in [2.75, 3.05) is 13.1 Å². The summed E-state index contributed by atoms with van der Waals surface area (Å²) in [4.78, 5) is 143. The van der Waals surface area contributed by atoms with Gasteiger partial charge in [-0.3, -0.25) is 62.0 Å². The van der Waals surface area contributed by atoms with E-state index in [1.165, 1.54) is 34.3 Å². The van der Waals surface area contributed by atoms with Crippen molar-refractivity contribution in [3.63, 3.8) is 0 Å². The van der Waals surface area contributed by atoms with Crippen molar-refractivity contribution in [2.24, 2.45) is 54.3 Å². The van der Waals surface area contributed by atoms with Gasteiger partial charge in [0.2, 0.25) is 55.5 Å². The van der Waals surface area contributed by atoms with Crippen LogP contribution in [0.2, 0.25) is 10.0 Å². The van der Waals surface area contributed by atoms with E-state index in [1.54, 1.807) is 37.3 Å². The van der Waals surface area contributed by atoms with Crippen molar-refractivity contribution >= 4 is 124 Å². The number of nitrogens with one attached hydrogen (secondary N) is 7. The number of aromatic carboxylic acids is 1. The minimum Gasteiger partial charge on any atom is -0.478 e. The Morgan fingerprint density at radius 2 is 1.02 bits per heavy atom. The largest absolute Gasteiger partial charge is 0.478 e. The number of carboxylic acid groups (broad SMARTS) is 1. The molecule has 6 saturated carbocycles. The Kier molecular flexibility index (Phi) is 21.9. The van der Waals surface area contributed by atoms with E-state index in [1.807, 2.05) is 41.5 Å². The number of hydrogen-bond donors (Lipinski definition) is 9. The maximum Gasteiger partial charge on any atom is 0.338 e. The molecule has 10 N–H and O–H groups in total. The van der Waals surface area contributed by atoms with E-state index in [0.717, 1.165) is 25.7 Å². The summed E-state index contributed by atoms with van der Waals surface area (Å²) in [5.41, 5.74) is 4.21. The van der Waals surface area contributed by atoms with Crippen molar-refractivity contribution in [1.82, 2.24) is 75.4 Å². The SMILES string of the molecule is C=CC1CC1(NC(=O)[C@@H]1C[C@@H](N)CN1C(=O)[C@@H](NC(=O)CC1CC1)C(C)(C)C)C(=O)NS(=O)(=O)C1CC1.C=CC1CC1(NC(=O)[C@@H]1C[C@@H](NC(=O)c2cnc3c(c(C)nn3C)c2Cl)CN1C(=O)[C@@H](NC(=O)CC1CC1)C(C)(C)C)C(=O)NS(=O)(=O)C1CC1.Cc1nn(C)c2ncc(C(=O)O)c(Cl)c12. The molecule has 6 aliphatic carbocycles.